The maximum atomic E-state index is 12.4. The fourth-order valence-electron chi connectivity index (χ4n) is 2.49. The number of benzene rings is 1. The third-order valence-electron chi connectivity index (χ3n) is 4.08. The lowest BCUT2D eigenvalue weighted by Gasteiger charge is -2.31. The summed E-state index contributed by atoms with van der Waals surface area (Å²) in [4.78, 5) is 37.7. The molecule has 0 radical (unpaired) electrons. The molecule has 6 nitrogen and oxygen atoms in total. The zero-order valence-electron chi connectivity index (χ0n) is 13.8. The molecule has 0 saturated carbocycles. The predicted molar refractivity (Wildman–Crippen MR) is 93.9 cm³/mol. The highest BCUT2D eigenvalue weighted by Crippen LogP contribution is 2.20. The van der Waals surface area contributed by atoms with Crippen molar-refractivity contribution in [2.24, 2.45) is 11.8 Å². The van der Waals surface area contributed by atoms with Crippen molar-refractivity contribution >= 4 is 33.7 Å². The summed E-state index contributed by atoms with van der Waals surface area (Å²) in [7, 11) is 0. The average molecular weight is 396 g/mol. The Morgan fingerprint density at radius 3 is 2.21 bits per heavy atom. The van der Waals surface area contributed by atoms with Gasteiger partial charge in [0.15, 0.2) is 0 Å². The molecule has 7 heteroatoms. The SMILES string of the molecule is CC(C)C(=O)NNC(=O)C1CCN(C(=O)c2ccc(Br)cc2)CC1. The van der Waals surface area contributed by atoms with E-state index in [2.05, 4.69) is 26.8 Å². The summed E-state index contributed by atoms with van der Waals surface area (Å²) in [5, 5.41) is 0. The van der Waals surface area contributed by atoms with Crippen LogP contribution in [0.5, 0.6) is 0 Å². The van der Waals surface area contributed by atoms with Crippen LogP contribution in [0.3, 0.4) is 0 Å². The molecule has 0 unspecified atom stereocenters. The Balaban J connectivity index is 1.82. The lowest BCUT2D eigenvalue weighted by atomic mass is 9.95. The highest BCUT2D eigenvalue weighted by molar-refractivity contribution is 9.10. The average Bonchev–Trinajstić information content (AvgIpc) is 2.59. The van der Waals surface area contributed by atoms with Crippen LogP contribution in [-0.4, -0.2) is 35.7 Å². The second kappa shape index (κ2) is 8.28. The van der Waals surface area contributed by atoms with Crippen LogP contribution >= 0.6 is 15.9 Å². The fourth-order valence-corrected chi connectivity index (χ4v) is 2.75. The summed E-state index contributed by atoms with van der Waals surface area (Å²) < 4.78 is 0.929. The molecular weight excluding hydrogens is 374 g/mol. The minimum absolute atomic E-state index is 0.0190. The molecule has 2 N–H and O–H groups in total. The van der Waals surface area contributed by atoms with E-state index in [-0.39, 0.29) is 29.6 Å². The maximum Gasteiger partial charge on any atom is 0.253 e. The van der Waals surface area contributed by atoms with E-state index in [1.165, 1.54) is 0 Å². The number of piperidine rings is 1. The molecular formula is C17H22BrN3O3. The first kappa shape index (κ1) is 18.4. The Kier molecular flexibility index (Phi) is 6.36. The number of carbonyl (C=O) groups is 3. The van der Waals surface area contributed by atoms with Crippen LogP contribution in [0.2, 0.25) is 0 Å². The van der Waals surface area contributed by atoms with Gasteiger partial charge >= 0.3 is 0 Å². The van der Waals surface area contributed by atoms with E-state index in [0.29, 0.717) is 31.5 Å². The number of hydrazine groups is 1. The highest BCUT2D eigenvalue weighted by Gasteiger charge is 2.28. The zero-order chi connectivity index (χ0) is 17.7. The molecule has 1 saturated heterocycles. The van der Waals surface area contributed by atoms with Gasteiger partial charge in [-0.05, 0) is 37.1 Å². The molecule has 1 heterocycles. The Hall–Kier alpha value is -1.89. The molecule has 0 aromatic heterocycles. The Labute approximate surface area is 150 Å². The largest absolute Gasteiger partial charge is 0.339 e. The molecule has 1 fully saturated rings. The topological polar surface area (TPSA) is 78.5 Å². The van der Waals surface area contributed by atoms with E-state index >= 15 is 0 Å². The second-order valence-electron chi connectivity index (χ2n) is 6.21. The van der Waals surface area contributed by atoms with E-state index in [0.717, 1.165) is 4.47 Å². The lowest BCUT2D eigenvalue weighted by molar-refractivity contribution is -0.133. The first-order valence-electron chi connectivity index (χ1n) is 8.03. The van der Waals surface area contributed by atoms with Gasteiger partial charge in [0.25, 0.3) is 5.91 Å². The van der Waals surface area contributed by atoms with Gasteiger partial charge in [-0.15, -0.1) is 0 Å². The number of rotatable bonds is 3. The number of carbonyl (C=O) groups excluding carboxylic acids is 3. The Morgan fingerprint density at radius 1 is 1.08 bits per heavy atom. The van der Waals surface area contributed by atoms with Crippen LogP contribution in [0.25, 0.3) is 0 Å². The molecule has 0 aliphatic carbocycles. The third kappa shape index (κ3) is 4.80. The fraction of sp³-hybridized carbons (Fsp3) is 0.471. The molecule has 0 spiro atoms. The van der Waals surface area contributed by atoms with Crippen molar-refractivity contribution < 1.29 is 14.4 Å². The predicted octanol–water partition coefficient (Wildman–Crippen LogP) is 2.10. The smallest absolute Gasteiger partial charge is 0.253 e. The van der Waals surface area contributed by atoms with Crippen molar-refractivity contribution in [3.05, 3.63) is 34.3 Å². The van der Waals surface area contributed by atoms with E-state index < -0.39 is 0 Å². The number of hydrogen-bond donors (Lipinski definition) is 2. The van der Waals surface area contributed by atoms with Gasteiger partial charge in [0.1, 0.15) is 0 Å². The van der Waals surface area contributed by atoms with E-state index in [1.54, 1.807) is 30.9 Å². The molecule has 2 rings (SSSR count). The Bertz CT molecular complexity index is 608. The number of hydrogen-bond acceptors (Lipinski definition) is 3. The third-order valence-corrected chi connectivity index (χ3v) is 4.61. The molecule has 3 amide bonds. The van der Waals surface area contributed by atoms with Crippen molar-refractivity contribution in [1.82, 2.24) is 15.8 Å². The molecule has 0 bridgehead atoms. The van der Waals surface area contributed by atoms with Gasteiger partial charge in [-0.2, -0.15) is 0 Å². The van der Waals surface area contributed by atoms with Gasteiger partial charge < -0.3 is 4.90 Å². The quantitative estimate of drug-likeness (QED) is 0.769. The first-order chi connectivity index (χ1) is 11.4. The van der Waals surface area contributed by atoms with Gasteiger partial charge in [-0.1, -0.05) is 29.8 Å². The van der Waals surface area contributed by atoms with Crippen molar-refractivity contribution in [2.75, 3.05) is 13.1 Å². The summed E-state index contributed by atoms with van der Waals surface area (Å²) in [5.74, 6) is -0.803. The van der Waals surface area contributed by atoms with Gasteiger partial charge in [-0.3, -0.25) is 25.2 Å². The first-order valence-corrected chi connectivity index (χ1v) is 8.82. The summed E-state index contributed by atoms with van der Waals surface area (Å²) >= 11 is 3.35. The van der Waals surface area contributed by atoms with E-state index in [4.69, 9.17) is 0 Å². The van der Waals surface area contributed by atoms with Crippen LogP contribution in [0.4, 0.5) is 0 Å². The zero-order valence-corrected chi connectivity index (χ0v) is 15.4. The van der Waals surface area contributed by atoms with Crippen LogP contribution in [0, 0.1) is 11.8 Å². The van der Waals surface area contributed by atoms with E-state index in [9.17, 15) is 14.4 Å². The van der Waals surface area contributed by atoms with Gasteiger partial charge in [0.2, 0.25) is 11.8 Å². The van der Waals surface area contributed by atoms with Crippen molar-refractivity contribution in [1.29, 1.82) is 0 Å². The summed E-state index contributed by atoms with van der Waals surface area (Å²) in [6, 6.07) is 7.25. The molecule has 1 aromatic rings. The molecule has 1 aromatic carbocycles. The second-order valence-corrected chi connectivity index (χ2v) is 7.12. The molecule has 1 aliphatic rings. The molecule has 130 valence electrons. The lowest BCUT2D eigenvalue weighted by Crippen LogP contribution is -2.49. The highest BCUT2D eigenvalue weighted by atomic mass is 79.9. The summed E-state index contributed by atoms with van der Waals surface area (Å²) in [5.41, 5.74) is 5.53. The summed E-state index contributed by atoms with van der Waals surface area (Å²) in [6.45, 7) is 4.58. The van der Waals surface area contributed by atoms with Gasteiger partial charge in [-0.25, -0.2) is 0 Å². The molecule has 1 aliphatic heterocycles. The minimum Gasteiger partial charge on any atom is -0.339 e. The minimum atomic E-state index is -0.216. The standard InChI is InChI=1S/C17H22BrN3O3/c1-11(2)15(22)19-20-16(23)12-7-9-21(10-8-12)17(24)13-3-5-14(18)6-4-13/h3-6,11-12H,7-10H2,1-2H3,(H,19,22)(H,20,23). The van der Waals surface area contributed by atoms with Gasteiger partial charge in [0.05, 0.1) is 0 Å². The number of likely N-dealkylation sites (tertiary alicyclic amines) is 1. The monoisotopic (exact) mass is 395 g/mol. The summed E-state index contributed by atoms with van der Waals surface area (Å²) in [6.07, 6.45) is 1.18. The van der Waals surface area contributed by atoms with Crippen LogP contribution < -0.4 is 10.9 Å². The van der Waals surface area contributed by atoms with Crippen LogP contribution in [0.1, 0.15) is 37.0 Å². The van der Waals surface area contributed by atoms with Crippen molar-refractivity contribution in [3.63, 3.8) is 0 Å². The van der Waals surface area contributed by atoms with Gasteiger partial charge in [0, 0.05) is 35.0 Å². The van der Waals surface area contributed by atoms with Crippen LogP contribution in [0.15, 0.2) is 28.7 Å². The number of nitrogens with zero attached hydrogens (tertiary/aromatic N) is 1. The number of nitrogens with one attached hydrogen (secondary N) is 2. The van der Waals surface area contributed by atoms with Crippen molar-refractivity contribution in [2.45, 2.75) is 26.7 Å². The molecule has 24 heavy (non-hydrogen) atoms. The molecule has 0 atom stereocenters. The van der Waals surface area contributed by atoms with Crippen molar-refractivity contribution in [3.8, 4) is 0 Å². The number of amides is 3. The van der Waals surface area contributed by atoms with Crippen LogP contribution in [-0.2, 0) is 9.59 Å². The number of halogens is 1. The Morgan fingerprint density at radius 2 is 1.67 bits per heavy atom. The maximum absolute atomic E-state index is 12.4. The van der Waals surface area contributed by atoms with E-state index in [1.807, 2.05) is 12.1 Å². The normalized spacial score (nSPS) is 15.2.